The van der Waals surface area contributed by atoms with E-state index in [4.69, 9.17) is 17.0 Å². The molecule has 0 bridgehead atoms. The lowest BCUT2D eigenvalue weighted by molar-refractivity contribution is -0.124. The standard InChI is InChI=1S/C16H23N3O3S/c1-4-5-9-14(20)17-16(23)19-18-15(21)10-22-13-8-6-7-11(2)12(13)3/h6-8H,4-5,9-10H2,1-3H3,(H,18,21)(H2,17,19,20,23). The summed E-state index contributed by atoms with van der Waals surface area (Å²) in [6, 6.07) is 5.65. The van der Waals surface area contributed by atoms with Crippen LogP contribution in [0, 0.1) is 13.8 Å². The van der Waals surface area contributed by atoms with Crippen LogP contribution in [-0.2, 0) is 9.59 Å². The molecule has 1 rings (SSSR count). The summed E-state index contributed by atoms with van der Waals surface area (Å²) in [5, 5.41) is 2.55. The van der Waals surface area contributed by atoms with Crippen LogP contribution in [0.2, 0.25) is 0 Å². The molecule has 0 aliphatic rings. The van der Waals surface area contributed by atoms with Gasteiger partial charge in [-0.15, -0.1) is 0 Å². The smallest absolute Gasteiger partial charge is 0.276 e. The summed E-state index contributed by atoms with van der Waals surface area (Å²) in [6.45, 7) is 5.76. The Bertz CT molecular complexity index is 576. The molecule has 2 amide bonds. The Balaban J connectivity index is 2.30. The second-order valence-corrected chi connectivity index (χ2v) is 5.55. The lowest BCUT2D eigenvalue weighted by atomic mass is 10.1. The van der Waals surface area contributed by atoms with Crippen LogP contribution in [0.5, 0.6) is 5.75 Å². The first-order valence-electron chi connectivity index (χ1n) is 7.51. The molecular formula is C16H23N3O3S. The van der Waals surface area contributed by atoms with Crippen molar-refractivity contribution in [1.29, 1.82) is 0 Å². The van der Waals surface area contributed by atoms with Crippen LogP contribution >= 0.6 is 12.2 Å². The Hall–Kier alpha value is -2.15. The normalized spacial score (nSPS) is 9.87. The number of aryl methyl sites for hydroxylation is 1. The molecule has 1 aromatic rings. The van der Waals surface area contributed by atoms with E-state index < -0.39 is 5.91 Å². The molecule has 0 spiro atoms. The van der Waals surface area contributed by atoms with Crippen molar-refractivity contribution >= 4 is 29.1 Å². The van der Waals surface area contributed by atoms with Crippen molar-refractivity contribution in [3.63, 3.8) is 0 Å². The van der Waals surface area contributed by atoms with Crippen LogP contribution in [0.25, 0.3) is 0 Å². The maximum atomic E-state index is 11.7. The van der Waals surface area contributed by atoms with E-state index in [1.54, 1.807) is 0 Å². The van der Waals surface area contributed by atoms with Gasteiger partial charge in [0.05, 0.1) is 0 Å². The van der Waals surface area contributed by atoms with Gasteiger partial charge < -0.3 is 10.1 Å². The number of thiocarbonyl (C=S) groups is 1. The minimum absolute atomic E-state index is 0.0613. The zero-order valence-corrected chi connectivity index (χ0v) is 14.5. The Kier molecular flexibility index (Phi) is 8.04. The number of ether oxygens (including phenoxy) is 1. The molecule has 0 heterocycles. The number of carbonyl (C=O) groups excluding carboxylic acids is 2. The number of nitrogens with one attached hydrogen (secondary N) is 3. The summed E-state index contributed by atoms with van der Waals surface area (Å²) < 4.78 is 5.46. The van der Waals surface area contributed by atoms with Crippen molar-refractivity contribution in [2.75, 3.05) is 6.61 Å². The number of amides is 2. The molecule has 23 heavy (non-hydrogen) atoms. The zero-order chi connectivity index (χ0) is 17.2. The van der Waals surface area contributed by atoms with Crippen molar-refractivity contribution < 1.29 is 14.3 Å². The Morgan fingerprint density at radius 2 is 1.91 bits per heavy atom. The van der Waals surface area contributed by atoms with Crippen LogP contribution in [-0.4, -0.2) is 23.5 Å². The summed E-state index contributed by atoms with van der Waals surface area (Å²) in [4.78, 5) is 23.2. The van der Waals surface area contributed by atoms with E-state index in [-0.39, 0.29) is 17.6 Å². The number of unbranched alkanes of at least 4 members (excludes halogenated alkanes) is 1. The molecule has 126 valence electrons. The molecule has 6 nitrogen and oxygen atoms in total. The Labute approximate surface area is 141 Å². The molecule has 0 aromatic heterocycles. The van der Waals surface area contributed by atoms with E-state index in [1.165, 1.54) is 0 Å². The van der Waals surface area contributed by atoms with E-state index >= 15 is 0 Å². The number of hydrazine groups is 1. The van der Waals surface area contributed by atoms with E-state index in [9.17, 15) is 9.59 Å². The minimum Gasteiger partial charge on any atom is -0.483 e. The summed E-state index contributed by atoms with van der Waals surface area (Å²) in [5.41, 5.74) is 6.94. The second kappa shape index (κ2) is 9.78. The maximum absolute atomic E-state index is 11.7. The number of hydrogen-bond acceptors (Lipinski definition) is 4. The first-order valence-corrected chi connectivity index (χ1v) is 7.92. The molecule has 0 fully saturated rings. The van der Waals surface area contributed by atoms with Crippen LogP contribution in [0.3, 0.4) is 0 Å². The highest BCUT2D eigenvalue weighted by molar-refractivity contribution is 7.80. The van der Waals surface area contributed by atoms with Crippen molar-refractivity contribution in [1.82, 2.24) is 16.2 Å². The molecule has 0 saturated carbocycles. The van der Waals surface area contributed by atoms with Gasteiger partial charge in [-0.2, -0.15) is 0 Å². The van der Waals surface area contributed by atoms with Crippen molar-refractivity contribution in [2.24, 2.45) is 0 Å². The van der Waals surface area contributed by atoms with Crippen LogP contribution in [0.4, 0.5) is 0 Å². The van der Waals surface area contributed by atoms with E-state index in [0.29, 0.717) is 12.2 Å². The van der Waals surface area contributed by atoms with Gasteiger partial charge in [0.25, 0.3) is 5.91 Å². The van der Waals surface area contributed by atoms with E-state index in [2.05, 4.69) is 16.2 Å². The lowest BCUT2D eigenvalue weighted by Crippen LogP contribution is -2.49. The predicted octanol–water partition coefficient (Wildman–Crippen LogP) is 1.89. The number of rotatable bonds is 6. The molecule has 0 atom stereocenters. The number of hydrogen-bond donors (Lipinski definition) is 3. The van der Waals surface area contributed by atoms with E-state index in [1.807, 2.05) is 39.0 Å². The first-order chi connectivity index (χ1) is 10.9. The average Bonchev–Trinajstić information content (AvgIpc) is 2.52. The third-order valence-electron chi connectivity index (χ3n) is 3.24. The fourth-order valence-electron chi connectivity index (χ4n) is 1.74. The number of carbonyl (C=O) groups is 2. The topological polar surface area (TPSA) is 79.5 Å². The third kappa shape index (κ3) is 7.10. The highest BCUT2D eigenvalue weighted by Crippen LogP contribution is 2.20. The summed E-state index contributed by atoms with van der Waals surface area (Å²) in [7, 11) is 0. The summed E-state index contributed by atoms with van der Waals surface area (Å²) in [5.74, 6) is 0.0943. The number of benzene rings is 1. The highest BCUT2D eigenvalue weighted by Gasteiger charge is 2.08. The monoisotopic (exact) mass is 337 g/mol. The Morgan fingerprint density at radius 3 is 2.61 bits per heavy atom. The molecular weight excluding hydrogens is 314 g/mol. The fourth-order valence-corrected chi connectivity index (χ4v) is 1.91. The van der Waals surface area contributed by atoms with Gasteiger partial charge in [-0.1, -0.05) is 25.5 Å². The fraction of sp³-hybridized carbons (Fsp3) is 0.438. The molecule has 7 heteroatoms. The SMILES string of the molecule is CCCCC(=O)NC(=S)NNC(=O)COc1cccc(C)c1C. The molecule has 0 aliphatic heterocycles. The third-order valence-corrected chi connectivity index (χ3v) is 3.44. The second-order valence-electron chi connectivity index (χ2n) is 5.14. The highest BCUT2D eigenvalue weighted by atomic mass is 32.1. The van der Waals surface area contributed by atoms with Gasteiger partial charge in [0, 0.05) is 6.42 Å². The van der Waals surface area contributed by atoms with Gasteiger partial charge in [-0.25, -0.2) is 0 Å². The van der Waals surface area contributed by atoms with Crippen LogP contribution < -0.4 is 20.9 Å². The van der Waals surface area contributed by atoms with Crippen molar-refractivity contribution in [2.45, 2.75) is 40.0 Å². The van der Waals surface area contributed by atoms with Crippen molar-refractivity contribution in [3.8, 4) is 5.75 Å². The van der Waals surface area contributed by atoms with Crippen molar-refractivity contribution in [3.05, 3.63) is 29.3 Å². The molecule has 1 aromatic carbocycles. The first kappa shape index (κ1) is 18.9. The molecule has 0 unspecified atom stereocenters. The zero-order valence-electron chi connectivity index (χ0n) is 13.7. The average molecular weight is 337 g/mol. The largest absolute Gasteiger partial charge is 0.483 e. The van der Waals surface area contributed by atoms with E-state index in [0.717, 1.165) is 24.0 Å². The summed E-state index contributed by atoms with van der Waals surface area (Å²) >= 11 is 4.92. The molecule has 3 N–H and O–H groups in total. The quantitative estimate of drug-likeness (QED) is 0.546. The maximum Gasteiger partial charge on any atom is 0.276 e. The predicted molar refractivity (Wildman–Crippen MR) is 93.0 cm³/mol. The van der Waals surface area contributed by atoms with Gasteiger partial charge >= 0.3 is 0 Å². The van der Waals surface area contributed by atoms with Gasteiger partial charge in [0.1, 0.15) is 5.75 Å². The lowest BCUT2D eigenvalue weighted by Gasteiger charge is -2.12. The van der Waals surface area contributed by atoms with Gasteiger partial charge in [0.15, 0.2) is 11.7 Å². The Morgan fingerprint density at radius 1 is 1.17 bits per heavy atom. The molecule has 0 radical (unpaired) electrons. The van der Waals surface area contributed by atoms with Crippen LogP contribution in [0.15, 0.2) is 18.2 Å². The van der Waals surface area contributed by atoms with Crippen LogP contribution in [0.1, 0.15) is 37.3 Å². The molecule has 0 saturated heterocycles. The summed E-state index contributed by atoms with van der Waals surface area (Å²) in [6.07, 6.45) is 2.13. The molecule has 0 aliphatic carbocycles. The van der Waals surface area contributed by atoms with Gasteiger partial charge in [-0.3, -0.25) is 20.4 Å². The van der Waals surface area contributed by atoms with Gasteiger partial charge in [0.2, 0.25) is 5.91 Å². The minimum atomic E-state index is -0.393. The van der Waals surface area contributed by atoms with Gasteiger partial charge in [-0.05, 0) is 49.7 Å².